The third kappa shape index (κ3) is 6.10. The molecule has 5 rings (SSSR count). The van der Waals surface area contributed by atoms with Gasteiger partial charge in [0.25, 0.3) is 5.91 Å². The molecule has 2 aromatic carbocycles. The molecule has 3 aromatic rings. The summed E-state index contributed by atoms with van der Waals surface area (Å²) in [5.41, 5.74) is 1.74. The van der Waals surface area contributed by atoms with Crippen LogP contribution in [0.1, 0.15) is 91.0 Å². The fourth-order valence-corrected chi connectivity index (χ4v) is 6.06. The molecule has 0 radical (unpaired) electrons. The first-order valence-electron chi connectivity index (χ1n) is 13.9. The number of carbonyl (C=O) groups is 1. The number of halogens is 3. The van der Waals surface area contributed by atoms with Gasteiger partial charge >= 0.3 is 6.18 Å². The maximum Gasteiger partial charge on any atom is 0.416 e. The van der Waals surface area contributed by atoms with E-state index >= 15 is 0 Å². The van der Waals surface area contributed by atoms with Crippen LogP contribution in [0.3, 0.4) is 0 Å². The Hall–Kier alpha value is -3.42. The Morgan fingerprint density at radius 2 is 1.64 bits per heavy atom. The second-order valence-corrected chi connectivity index (χ2v) is 11.1. The normalized spacial score (nSPS) is 20.9. The van der Waals surface area contributed by atoms with Crippen molar-refractivity contribution >= 4 is 11.9 Å². The lowest BCUT2D eigenvalue weighted by Gasteiger charge is -2.32. The van der Waals surface area contributed by atoms with E-state index in [0.29, 0.717) is 23.1 Å². The Bertz CT molecular complexity index is 1260. The number of aromatic nitrogens is 2. The monoisotopic (exact) mass is 536 g/mol. The predicted molar refractivity (Wildman–Crippen MR) is 145 cm³/mol. The van der Waals surface area contributed by atoms with Gasteiger partial charge in [-0.2, -0.15) is 13.2 Å². The first kappa shape index (κ1) is 27.2. The van der Waals surface area contributed by atoms with Crippen LogP contribution in [0.25, 0.3) is 0 Å². The Morgan fingerprint density at radius 3 is 2.28 bits per heavy atom. The van der Waals surface area contributed by atoms with Crippen LogP contribution in [0.15, 0.2) is 60.8 Å². The molecule has 2 saturated carbocycles. The van der Waals surface area contributed by atoms with Crippen molar-refractivity contribution in [2.45, 2.75) is 82.5 Å². The van der Waals surface area contributed by atoms with E-state index in [1.807, 2.05) is 18.2 Å². The molecule has 0 unspecified atom stereocenters. The Morgan fingerprint density at radius 1 is 0.974 bits per heavy atom. The number of amides is 1. The van der Waals surface area contributed by atoms with E-state index in [2.05, 4.69) is 34.7 Å². The van der Waals surface area contributed by atoms with Crippen LogP contribution in [0.2, 0.25) is 0 Å². The Kier molecular flexibility index (Phi) is 7.91. The fraction of sp³-hybridized carbons (Fsp3) is 0.452. The highest BCUT2D eigenvalue weighted by Crippen LogP contribution is 2.47. The number of hydrogen-bond donors (Lipinski definition) is 2. The molecule has 2 aliphatic rings. The van der Waals surface area contributed by atoms with Crippen LogP contribution in [-0.2, 0) is 18.1 Å². The minimum absolute atomic E-state index is 0.106. The average Bonchev–Trinajstić information content (AvgIpc) is 3.44. The maximum absolute atomic E-state index is 13.5. The zero-order chi connectivity index (χ0) is 27.5. The standard InChI is InChI=1S/C31H35F3N4O/c1-21-9-15-25(16-10-21)37-29-36-20-26(28(39)35-19-22-11-13-24(14-12-22)31(32,33)34)27(38-29)30(17-5-6-18-30)23-7-3-2-4-8-23/h2-4,7-8,11-14,20-21,25H,5-6,9-10,15-19H2,1H3,(H,35,39)(H,36,37,38). The number of benzene rings is 2. The zero-order valence-electron chi connectivity index (χ0n) is 22.2. The van der Waals surface area contributed by atoms with Crippen molar-refractivity contribution in [3.63, 3.8) is 0 Å². The SMILES string of the molecule is CC1CCC(Nc2ncc(C(=O)NCc3ccc(C(F)(F)F)cc3)c(C3(c4ccccc4)CCCC3)n2)CC1. The quantitative estimate of drug-likeness (QED) is 0.333. The van der Waals surface area contributed by atoms with Gasteiger partial charge in [-0.3, -0.25) is 4.79 Å². The lowest BCUT2D eigenvalue weighted by molar-refractivity contribution is -0.137. The van der Waals surface area contributed by atoms with Gasteiger partial charge in [0, 0.05) is 24.2 Å². The molecule has 0 spiro atoms. The van der Waals surface area contributed by atoms with Crippen LogP contribution in [0, 0.1) is 5.92 Å². The average molecular weight is 537 g/mol. The fourth-order valence-electron chi connectivity index (χ4n) is 6.06. The second kappa shape index (κ2) is 11.4. The van der Waals surface area contributed by atoms with Gasteiger partial charge in [-0.25, -0.2) is 9.97 Å². The van der Waals surface area contributed by atoms with Gasteiger partial charge in [0.2, 0.25) is 5.95 Å². The van der Waals surface area contributed by atoms with Crippen molar-refractivity contribution in [3.8, 4) is 0 Å². The summed E-state index contributed by atoms with van der Waals surface area (Å²) in [6.45, 7) is 2.39. The topological polar surface area (TPSA) is 66.9 Å². The number of hydrogen-bond acceptors (Lipinski definition) is 4. The van der Waals surface area contributed by atoms with Crippen molar-refractivity contribution in [1.82, 2.24) is 15.3 Å². The minimum Gasteiger partial charge on any atom is -0.351 e. The Balaban J connectivity index is 1.44. The van der Waals surface area contributed by atoms with Crippen molar-refractivity contribution in [3.05, 3.63) is 88.7 Å². The van der Waals surface area contributed by atoms with Crippen molar-refractivity contribution in [2.24, 2.45) is 5.92 Å². The summed E-state index contributed by atoms with van der Waals surface area (Å²) >= 11 is 0. The van der Waals surface area contributed by atoms with E-state index < -0.39 is 17.2 Å². The summed E-state index contributed by atoms with van der Waals surface area (Å²) in [4.78, 5) is 23.1. The van der Waals surface area contributed by atoms with E-state index in [-0.39, 0.29) is 12.5 Å². The van der Waals surface area contributed by atoms with Crippen LogP contribution >= 0.6 is 0 Å². The number of nitrogens with zero attached hydrogens (tertiary/aromatic N) is 2. The number of rotatable bonds is 7. The molecular formula is C31H35F3N4O. The van der Waals surface area contributed by atoms with E-state index in [0.717, 1.165) is 67.8 Å². The van der Waals surface area contributed by atoms with Crippen molar-refractivity contribution < 1.29 is 18.0 Å². The molecule has 0 saturated heterocycles. The minimum atomic E-state index is -4.40. The largest absolute Gasteiger partial charge is 0.416 e. The smallest absolute Gasteiger partial charge is 0.351 e. The van der Waals surface area contributed by atoms with Gasteiger partial charge in [-0.15, -0.1) is 0 Å². The van der Waals surface area contributed by atoms with Crippen LogP contribution in [-0.4, -0.2) is 21.9 Å². The van der Waals surface area contributed by atoms with Crippen LogP contribution in [0.5, 0.6) is 0 Å². The van der Waals surface area contributed by atoms with E-state index in [1.54, 1.807) is 6.20 Å². The highest BCUT2D eigenvalue weighted by molar-refractivity contribution is 5.95. The summed E-state index contributed by atoms with van der Waals surface area (Å²) in [5.74, 6) is 0.950. The number of anilines is 1. The summed E-state index contributed by atoms with van der Waals surface area (Å²) < 4.78 is 38.8. The highest BCUT2D eigenvalue weighted by atomic mass is 19.4. The molecule has 0 bridgehead atoms. The molecule has 1 heterocycles. The lowest BCUT2D eigenvalue weighted by atomic mass is 9.74. The summed E-state index contributed by atoms with van der Waals surface area (Å²) in [7, 11) is 0. The Labute approximate surface area is 227 Å². The number of nitrogens with one attached hydrogen (secondary N) is 2. The van der Waals surface area contributed by atoms with Gasteiger partial charge in [-0.05, 0) is 67.7 Å². The zero-order valence-corrected chi connectivity index (χ0v) is 22.2. The van der Waals surface area contributed by atoms with Crippen LogP contribution in [0.4, 0.5) is 19.1 Å². The summed E-state index contributed by atoms with van der Waals surface area (Å²) in [6.07, 6.45) is 5.53. The molecule has 8 heteroatoms. The molecule has 1 aromatic heterocycles. The first-order chi connectivity index (χ1) is 18.7. The molecule has 0 atom stereocenters. The van der Waals surface area contributed by atoms with Crippen LogP contribution < -0.4 is 10.6 Å². The third-order valence-electron chi connectivity index (χ3n) is 8.35. The van der Waals surface area contributed by atoms with Gasteiger partial charge in [0.1, 0.15) is 0 Å². The van der Waals surface area contributed by atoms with E-state index in [4.69, 9.17) is 4.98 Å². The number of alkyl halides is 3. The second-order valence-electron chi connectivity index (χ2n) is 11.1. The lowest BCUT2D eigenvalue weighted by Crippen LogP contribution is -2.33. The van der Waals surface area contributed by atoms with Crippen molar-refractivity contribution in [2.75, 3.05) is 5.32 Å². The van der Waals surface area contributed by atoms with Gasteiger partial charge < -0.3 is 10.6 Å². The van der Waals surface area contributed by atoms with Gasteiger partial charge in [0.05, 0.1) is 16.8 Å². The molecular weight excluding hydrogens is 501 g/mol. The number of carbonyl (C=O) groups excluding carboxylic acids is 1. The van der Waals surface area contributed by atoms with Crippen molar-refractivity contribution in [1.29, 1.82) is 0 Å². The molecule has 39 heavy (non-hydrogen) atoms. The van der Waals surface area contributed by atoms with E-state index in [9.17, 15) is 18.0 Å². The summed E-state index contributed by atoms with van der Waals surface area (Å²) in [6, 6.07) is 15.4. The van der Waals surface area contributed by atoms with Gasteiger partial charge in [0.15, 0.2) is 0 Å². The molecule has 2 fully saturated rings. The van der Waals surface area contributed by atoms with Gasteiger partial charge in [-0.1, -0.05) is 62.2 Å². The predicted octanol–water partition coefficient (Wildman–Crippen LogP) is 7.28. The molecule has 2 aliphatic carbocycles. The molecule has 5 nitrogen and oxygen atoms in total. The molecule has 206 valence electrons. The molecule has 2 N–H and O–H groups in total. The third-order valence-corrected chi connectivity index (χ3v) is 8.35. The molecule has 0 aliphatic heterocycles. The highest BCUT2D eigenvalue weighted by Gasteiger charge is 2.42. The summed E-state index contributed by atoms with van der Waals surface area (Å²) in [5, 5.41) is 6.42. The first-order valence-corrected chi connectivity index (χ1v) is 13.9. The maximum atomic E-state index is 13.5. The van der Waals surface area contributed by atoms with E-state index in [1.165, 1.54) is 25.0 Å². The molecule has 1 amide bonds.